The molecule has 1 aliphatic heterocycles. The van der Waals surface area contributed by atoms with Crippen molar-refractivity contribution in [3.05, 3.63) is 17.8 Å². The Hall–Kier alpha value is -1.29. The third kappa shape index (κ3) is 2.69. The molecule has 1 saturated heterocycles. The molecule has 1 aromatic rings. The first-order valence-corrected chi connectivity index (χ1v) is 6.02. The van der Waals surface area contributed by atoms with Crippen LogP contribution in [0.25, 0.3) is 0 Å². The van der Waals surface area contributed by atoms with Crippen molar-refractivity contribution in [3.63, 3.8) is 0 Å². The first-order valence-electron chi connectivity index (χ1n) is 6.02. The highest BCUT2D eigenvalue weighted by Gasteiger charge is 2.31. The molecule has 2 heterocycles. The van der Waals surface area contributed by atoms with E-state index >= 15 is 0 Å². The lowest BCUT2D eigenvalue weighted by molar-refractivity contribution is -0.0751. The molecule has 0 radical (unpaired) electrons. The molecule has 0 saturated carbocycles. The molecule has 1 aliphatic rings. The first-order chi connectivity index (χ1) is 7.87. The van der Waals surface area contributed by atoms with E-state index in [9.17, 15) is 0 Å². The van der Waals surface area contributed by atoms with E-state index in [2.05, 4.69) is 30.7 Å². The molecule has 2 rings (SSSR count). The largest absolute Gasteiger partial charge is 0.397 e. The van der Waals surface area contributed by atoms with Crippen molar-refractivity contribution in [3.8, 4) is 0 Å². The fourth-order valence-electron chi connectivity index (χ4n) is 2.35. The number of aromatic nitrogens is 1. The Labute approximate surface area is 103 Å². The van der Waals surface area contributed by atoms with Crippen molar-refractivity contribution in [2.24, 2.45) is 0 Å². The third-order valence-corrected chi connectivity index (χ3v) is 3.03. The number of nitrogen functional groups attached to an aromatic ring is 1. The van der Waals surface area contributed by atoms with E-state index in [0.29, 0.717) is 0 Å². The summed E-state index contributed by atoms with van der Waals surface area (Å²) < 4.78 is 5.89. The van der Waals surface area contributed by atoms with Gasteiger partial charge in [0.05, 0.1) is 23.6 Å². The van der Waals surface area contributed by atoms with Gasteiger partial charge in [-0.2, -0.15) is 0 Å². The lowest BCUT2D eigenvalue weighted by atomic mass is 10.1. The molecule has 4 heteroatoms. The van der Waals surface area contributed by atoms with E-state index in [-0.39, 0.29) is 11.7 Å². The molecular formula is C13H21N3O. The molecule has 0 aromatic carbocycles. The summed E-state index contributed by atoms with van der Waals surface area (Å²) in [5.74, 6) is 0.986. The van der Waals surface area contributed by atoms with Crippen LogP contribution >= 0.6 is 0 Å². The van der Waals surface area contributed by atoms with Crippen molar-refractivity contribution < 1.29 is 4.74 Å². The number of morpholine rings is 1. The minimum Gasteiger partial charge on any atom is -0.397 e. The number of nitrogens with zero attached hydrogens (tertiary/aromatic N) is 2. The van der Waals surface area contributed by atoms with Gasteiger partial charge in [-0.3, -0.25) is 0 Å². The van der Waals surface area contributed by atoms with Crippen molar-refractivity contribution in [2.45, 2.75) is 39.4 Å². The molecule has 1 aromatic heterocycles. The molecule has 0 aliphatic carbocycles. The van der Waals surface area contributed by atoms with E-state index < -0.39 is 0 Å². The van der Waals surface area contributed by atoms with E-state index in [1.807, 2.05) is 13.0 Å². The highest BCUT2D eigenvalue weighted by molar-refractivity contribution is 5.52. The van der Waals surface area contributed by atoms with E-state index in [4.69, 9.17) is 10.5 Å². The van der Waals surface area contributed by atoms with Gasteiger partial charge in [0, 0.05) is 13.1 Å². The summed E-state index contributed by atoms with van der Waals surface area (Å²) in [6.07, 6.45) is 1.95. The van der Waals surface area contributed by atoms with Crippen LogP contribution in [-0.2, 0) is 4.74 Å². The Morgan fingerprint density at radius 2 is 2.24 bits per heavy atom. The molecule has 94 valence electrons. The van der Waals surface area contributed by atoms with Gasteiger partial charge in [0.25, 0.3) is 0 Å². The molecule has 1 fully saturated rings. The van der Waals surface area contributed by atoms with Gasteiger partial charge in [-0.1, -0.05) is 0 Å². The number of aryl methyl sites for hydroxylation is 1. The predicted molar refractivity (Wildman–Crippen MR) is 70.2 cm³/mol. The van der Waals surface area contributed by atoms with Crippen LogP contribution in [0.1, 0.15) is 26.3 Å². The second-order valence-electron chi connectivity index (χ2n) is 5.47. The molecule has 2 N–H and O–H groups in total. The van der Waals surface area contributed by atoms with E-state index in [1.165, 1.54) is 0 Å². The SMILES string of the molecule is Cc1cc(N2CC(C)OC(C)(C)C2)ncc1N. The van der Waals surface area contributed by atoms with Crippen LogP contribution in [-0.4, -0.2) is 29.8 Å². The molecule has 0 bridgehead atoms. The number of pyridine rings is 1. The average Bonchev–Trinajstić information content (AvgIpc) is 2.19. The van der Waals surface area contributed by atoms with Gasteiger partial charge >= 0.3 is 0 Å². The molecule has 4 nitrogen and oxygen atoms in total. The van der Waals surface area contributed by atoms with E-state index in [1.54, 1.807) is 6.20 Å². The van der Waals surface area contributed by atoms with Gasteiger partial charge < -0.3 is 15.4 Å². The normalized spacial score (nSPS) is 23.8. The standard InChI is InChI=1S/C13H21N3O/c1-9-5-12(15-6-11(9)14)16-7-10(2)17-13(3,4)8-16/h5-6,10H,7-8,14H2,1-4H3. The summed E-state index contributed by atoms with van der Waals surface area (Å²) in [6.45, 7) is 10.1. The summed E-state index contributed by atoms with van der Waals surface area (Å²) in [5.41, 5.74) is 7.48. The smallest absolute Gasteiger partial charge is 0.129 e. The van der Waals surface area contributed by atoms with E-state index in [0.717, 1.165) is 30.2 Å². The maximum atomic E-state index is 5.89. The number of hydrogen-bond acceptors (Lipinski definition) is 4. The highest BCUT2D eigenvalue weighted by atomic mass is 16.5. The molecule has 17 heavy (non-hydrogen) atoms. The Bertz CT molecular complexity index is 417. The van der Waals surface area contributed by atoms with Crippen LogP contribution in [0.4, 0.5) is 11.5 Å². The maximum Gasteiger partial charge on any atom is 0.129 e. The Kier molecular flexibility index (Phi) is 3.00. The fraction of sp³-hybridized carbons (Fsp3) is 0.615. The van der Waals surface area contributed by atoms with Crippen LogP contribution in [0.3, 0.4) is 0 Å². The minimum atomic E-state index is -0.130. The number of nitrogens with two attached hydrogens (primary N) is 1. The average molecular weight is 235 g/mol. The fourth-order valence-corrected chi connectivity index (χ4v) is 2.35. The first kappa shape index (κ1) is 12.2. The minimum absolute atomic E-state index is 0.130. The van der Waals surface area contributed by atoms with Gasteiger partial charge in [-0.25, -0.2) is 4.98 Å². The van der Waals surface area contributed by atoms with Gasteiger partial charge in [0.15, 0.2) is 0 Å². The number of hydrogen-bond donors (Lipinski definition) is 1. The summed E-state index contributed by atoms with van der Waals surface area (Å²) >= 11 is 0. The van der Waals surface area contributed by atoms with Crippen molar-refractivity contribution in [2.75, 3.05) is 23.7 Å². The van der Waals surface area contributed by atoms with Gasteiger partial charge in [0.2, 0.25) is 0 Å². The summed E-state index contributed by atoms with van der Waals surface area (Å²) in [7, 11) is 0. The molecular weight excluding hydrogens is 214 g/mol. The maximum absolute atomic E-state index is 5.89. The second-order valence-corrected chi connectivity index (χ2v) is 5.47. The van der Waals surface area contributed by atoms with Crippen LogP contribution < -0.4 is 10.6 Å². The van der Waals surface area contributed by atoms with Crippen LogP contribution in [0.5, 0.6) is 0 Å². The summed E-state index contributed by atoms with van der Waals surface area (Å²) in [4.78, 5) is 6.67. The zero-order valence-electron chi connectivity index (χ0n) is 11.0. The second kappa shape index (κ2) is 4.18. The van der Waals surface area contributed by atoms with Gasteiger partial charge in [-0.05, 0) is 39.3 Å². The van der Waals surface area contributed by atoms with Crippen LogP contribution in [0.2, 0.25) is 0 Å². The van der Waals surface area contributed by atoms with Crippen molar-refractivity contribution in [1.29, 1.82) is 0 Å². The quantitative estimate of drug-likeness (QED) is 0.808. The Morgan fingerprint density at radius 1 is 1.53 bits per heavy atom. The van der Waals surface area contributed by atoms with Gasteiger partial charge in [-0.15, -0.1) is 0 Å². The zero-order valence-corrected chi connectivity index (χ0v) is 11.0. The number of ether oxygens (including phenoxy) is 1. The highest BCUT2D eigenvalue weighted by Crippen LogP contribution is 2.26. The zero-order chi connectivity index (χ0) is 12.6. The summed E-state index contributed by atoms with van der Waals surface area (Å²) in [5, 5.41) is 0. The third-order valence-electron chi connectivity index (χ3n) is 3.03. The Morgan fingerprint density at radius 3 is 2.82 bits per heavy atom. The topological polar surface area (TPSA) is 51.4 Å². The lowest BCUT2D eigenvalue weighted by Gasteiger charge is -2.42. The van der Waals surface area contributed by atoms with Crippen LogP contribution in [0.15, 0.2) is 12.3 Å². The molecule has 0 amide bonds. The van der Waals surface area contributed by atoms with Crippen LogP contribution in [0, 0.1) is 6.92 Å². The predicted octanol–water partition coefficient (Wildman–Crippen LogP) is 1.98. The van der Waals surface area contributed by atoms with Crippen molar-refractivity contribution >= 4 is 11.5 Å². The summed E-state index contributed by atoms with van der Waals surface area (Å²) in [6, 6.07) is 2.05. The molecule has 0 spiro atoms. The number of rotatable bonds is 1. The van der Waals surface area contributed by atoms with Crippen molar-refractivity contribution in [1.82, 2.24) is 4.98 Å². The van der Waals surface area contributed by atoms with Gasteiger partial charge in [0.1, 0.15) is 5.82 Å². The Balaban J connectivity index is 2.24. The molecule has 1 atom stereocenters. The molecule has 1 unspecified atom stereocenters. The lowest BCUT2D eigenvalue weighted by Crippen LogP contribution is -2.52. The number of anilines is 2. The monoisotopic (exact) mass is 235 g/mol.